The maximum atomic E-state index is 12.2. The molecule has 132 valence electrons. The number of ether oxygens (including phenoxy) is 1. The number of pyridine rings is 1. The van der Waals surface area contributed by atoms with Crippen molar-refractivity contribution in [2.75, 3.05) is 6.61 Å². The Bertz CT molecular complexity index is 893. The van der Waals surface area contributed by atoms with E-state index in [1.807, 2.05) is 6.07 Å². The van der Waals surface area contributed by atoms with Crippen LogP contribution in [0.5, 0.6) is 5.88 Å². The summed E-state index contributed by atoms with van der Waals surface area (Å²) in [5.74, 6) is -0.263. The summed E-state index contributed by atoms with van der Waals surface area (Å²) in [6, 6.07) is 9.93. The van der Waals surface area contributed by atoms with Crippen LogP contribution in [-0.4, -0.2) is 26.2 Å². The average Bonchev–Trinajstić information content (AvgIpc) is 2.58. The van der Waals surface area contributed by atoms with Crippen molar-refractivity contribution >= 4 is 10.0 Å². The van der Waals surface area contributed by atoms with E-state index in [1.54, 1.807) is 0 Å². The maximum Gasteiger partial charge on any atom is 0.422 e. The molecule has 1 aromatic carbocycles. The Kier molecular flexibility index (Phi) is 5.61. The van der Waals surface area contributed by atoms with Crippen LogP contribution in [-0.2, 0) is 16.6 Å². The Hall–Kier alpha value is -2.64. The summed E-state index contributed by atoms with van der Waals surface area (Å²) in [6.07, 6.45) is -3.28. The third kappa shape index (κ3) is 5.74. The Morgan fingerprint density at radius 3 is 2.68 bits per heavy atom. The molecule has 1 heterocycles. The van der Waals surface area contributed by atoms with Crippen molar-refractivity contribution in [3.8, 4) is 11.9 Å². The quantitative estimate of drug-likeness (QED) is 0.842. The molecule has 0 aliphatic carbocycles. The van der Waals surface area contributed by atoms with E-state index in [-0.39, 0.29) is 22.9 Å². The zero-order valence-corrected chi connectivity index (χ0v) is 13.4. The largest absolute Gasteiger partial charge is 0.468 e. The van der Waals surface area contributed by atoms with Crippen LogP contribution in [0.3, 0.4) is 0 Å². The summed E-state index contributed by atoms with van der Waals surface area (Å²) < 4.78 is 67.6. The highest BCUT2D eigenvalue weighted by atomic mass is 32.2. The zero-order valence-electron chi connectivity index (χ0n) is 12.6. The molecule has 6 nitrogen and oxygen atoms in total. The van der Waals surface area contributed by atoms with E-state index in [2.05, 4.69) is 14.4 Å². The number of rotatable bonds is 6. The lowest BCUT2D eigenvalue weighted by molar-refractivity contribution is -0.154. The monoisotopic (exact) mass is 371 g/mol. The van der Waals surface area contributed by atoms with E-state index in [1.165, 1.54) is 42.6 Å². The number of hydrogen-bond acceptors (Lipinski definition) is 5. The lowest BCUT2D eigenvalue weighted by Gasteiger charge is -2.10. The molecule has 0 amide bonds. The molecule has 0 atom stereocenters. The van der Waals surface area contributed by atoms with E-state index in [0.717, 1.165) is 0 Å². The van der Waals surface area contributed by atoms with Gasteiger partial charge in [0, 0.05) is 18.8 Å². The molecule has 1 N–H and O–H groups in total. The number of nitriles is 1. The SMILES string of the molecule is N#Cc1cccc(S(=O)(=O)NCc2ccnc(OCC(F)(F)F)c2)c1. The molecule has 0 aliphatic rings. The molecule has 0 bridgehead atoms. The lowest BCUT2D eigenvalue weighted by atomic mass is 10.2. The number of halogens is 3. The molecule has 2 aromatic rings. The first-order chi connectivity index (χ1) is 11.7. The predicted molar refractivity (Wildman–Crippen MR) is 81.0 cm³/mol. The fourth-order valence-corrected chi connectivity index (χ4v) is 2.85. The second kappa shape index (κ2) is 7.50. The van der Waals surface area contributed by atoms with Gasteiger partial charge in [-0.25, -0.2) is 18.1 Å². The average molecular weight is 371 g/mol. The lowest BCUT2D eigenvalue weighted by Crippen LogP contribution is -2.23. The molecule has 2 rings (SSSR count). The van der Waals surface area contributed by atoms with Crippen LogP contribution in [0.2, 0.25) is 0 Å². The van der Waals surface area contributed by atoms with Crippen molar-refractivity contribution in [2.45, 2.75) is 17.6 Å². The highest BCUT2D eigenvalue weighted by Gasteiger charge is 2.28. The van der Waals surface area contributed by atoms with Gasteiger partial charge in [0.05, 0.1) is 16.5 Å². The molecule has 0 saturated carbocycles. The molecular formula is C15H12F3N3O3S. The third-order valence-corrected chi connectivity index (χ3v) is 4.32. The van der Waals surface area contributed by atoms with Crippen LogP contribution in [0.15, 0.2) is 47.5 Å². The molecule has 0 spiro atoms. The van der Waals surface area contributed by atoms with Crippen LogP contribution < -0.4 is 9.46 Å². The van der Waals surface area contributed by atoms with Crippen molar-refractivity contribution < 1.29 is 26.3 Å². The highest BCUT2D eigenvalue weighted by Crippen LogP contribution is 2.18. The molecule has 0 saturated heterocycles. The summed E-state index contributed by atoms with van der Waals surface area (Å²) in [4.78, 5) is 3.54. The summed E-state index contributed by atoms with van der Waals surface area (Å²) >= 11 is 0. The van der Waals surface area contributed by atoms with E-state index < -0.39 is 22.8 Å². The van der Waals surface area contributed by atoms with Gasteiger partial charge in [0.15, 0.2) is 6.61 Å². The number of sulfonamides is 1. The normalized spacial score (nSPS) is 11.8. The highest BCUT2D eigenvalue weighted by molar-refractivity contribution is 7.89. The number of hydrogen-bond donors (Lipinski definition) is 1. The van der Waals surface area contributed by atoms with Gasteiger partial charge in [-0.15, -0.1) is 0 Å². The van der Waals surface area contributed by atoms with Gasteiger partial charge in [0.2, 0.25) is 15.9 Å². The number of alkyl halides is 3. The van der Waals surface area contributed by atoms with E-state index in [4.69, 9.17) is 5.26 Å². The molecule has 0 radical (unpaired) electrons. The van der Waals surface area contributed by atoms with Crippen molar-refractivity contribution in [2.24, 2.45) is 0 Å². The molecule has 0 fully saturated rings. The molecule has 10 heteroatoms. The first-order valence-electron chi connectivity index (χ1n) is 6.84. The van der Waals surface area contributed by atoms with Gasteiger partial charge in [-0.05, 0) is 29.8 Å². The predicted octanol–water partition coefficient (Wildman–Crippen LogP) is 2.37. The molecule has 0 unspecified atom stereocenters. The Labute approximate surface area is 141 Å². The summed E-state index contributed by atoms with van der Waals surface area (Å²) in [5.41, 5.74) is 0.557. The molecule has 1 aromatic heterocycles. The van der Waals surface area contributed by atoms with Gasteiger partial charge < -0.3 is 4.74 Å². The summed E-state index contributed by atoms with van der Waals surface area (Å²) in [5, 5.41) is 8.81. The second-order valence-electron chi connectivity index (χ2n) is 4.87. The van der Waals surface area contributed by atoms with Crippen LogP contribution in [0.1, 0.15) is 11.1 Å². The van der Waals surface area contributed by atoms with Gasteiger partial charge in [-0.3, -0.25) is 0 Å². The van der Waals surface area contributed by atoms with Crippen molar-refractivity contribution in [3.05, 3.63) is 53.7 Å². The smallest absolute Gasteiger partial charge is 0.422 e. The topological polar surface area (TPSA) is 92.1 Å². The van der Waals surface area contributed by atoms with Gasteiger partial charge in [-0.1, -0.05) is 6.07 Å². The first-order valence-corrected chi connectivity index (χ1v) is 8.32. The minimum atomic E-state index is -4.50. The van der Waals surface area contributed by atoms with Gasteiger partial charge in [0.25, 0.3) is 0 Å². The van der Waals surface area contributed by atoms with Crippen LogP contribution in [0.4, 0.5) is 13.2 Å². The third-order valence-electron chi connectivity index (χ3n) is 2.92. The Balaban J connectivity index is 2.06. The number of nitrogens with zero attached hydrogens (tertiary/aromatic N) is 2. The minimum Gasteiger partial charge on any atom is -0.468 e. The van der Waals surface area contributed by atoms with E-state index in [0.29, 0.717) is 5.56 Å². The zero-order chi connectivity index (χ0) is 18.5. The second-order valence-corrected chi connectivity index (χ2v) is 6.64. The Morgan fingerprint density at radius 2 is 2.00 bits per heavy atom. The molecule has 25 heavy (non-hydrogen) atoms. The molecule has 0 aliphatic heterocycles. The van der Waals surface area contributed by atoms with Crippen LogP contribution in [0.25, 0.3) is 0 Å². The van der Waals surface area contributed by atoms with Gasteiger partial charge >= 0.3 is 6.18 Å². The summed E-state index contributed by atoms with van der Waals surface area (Å²) in [7, 11) is -3.88. The van der Waals surface area contributed by atoms with Crippen molar-refractivity contribution in [3.63, 3.8) is 0 Å². The fraction of sp³-hybridized carbons (Fsp3) is 0.200. The van der Waals surface area contributed by atoms with Crippen LogP contribution in [0, 0.1) is 11.3 Å². The number of benzene rings is 1. The first kappa shape index (κ1) is 18.7. The minimum absolute atomic E-state index is 0.0887. The summed E-state index contributed by atoms with van der Waals surface area (Å²) in [6.45, 7) is -1.67. The van der Waals surface area contributed by atoms with Crippen molar-refractivity contribution in [1.29, 1.82) is 5.26 Å². The number of aromatic nitrogens is 1. The van der Waals surface area contributed by atoms with Crippen molar-refractivity contribution in [1.82, 2.24) is 9.71 Å². The Morgan fingerprint density at radius 1 is 1.24 bits per heavy atom. The fourth-order valence-electron chi connectivity index (χ4n) is 1.79. The van der Waals surface area contributed by atoms with Crippen LogP contribution >= 0.6 is 0 Å². The van der Waals surface area contributed by atoms with Gasteiger partial charge in [-0.2, -0.15) is 18.4 Å². The maximum absolute atomic E-state index is 12.2. The number of nitrogens with one attached hydrogen (secondary N) is 1. The van der Waals surface area contributed by atoms with E-state index in [9.17, 15) is 21.6 Å². The molecular weight excluding hydrogens is 359 g/mol. The van der Waals surface area contributed by atoms with Gasteiger partial charge in [0.1, 0.15) is 0 Å². The standard InChI is InChI=1S/C15H12F3N3O3S/c16-15(17,18)10-24-14-7-12(4-5-20-14)9-21-25(22,23)13-3-1-2-11(6-13)8-19/h1-7,21H,9-10H2. The van der Waals surface area contributed by atoms with E-state index >= 15 is 0 Å².